The summed E-state index contributed by atoms with van der Waals surface area (Å²) in [7, 11) is 0. The number of carbonyl (C=O) groups excluding carboxylic acids is 2. The van der Waals surface area contributed by atoms with Crippen molar-refractivity contribution in [1.29, 1.82) is 0 Å². The molecule has 0 amide bonds. The topological polar surface area (TPSA) is 78.6 Å². The molecule has 0 aromatic heterocycles. The summed E-state index contributed by atoms with van der Waals surface area (Å²) in [6, 6.07) is 5.38. The smallest absolute Gasteiger partial charge is 0.337 e. The van der Waals surface area contributed by atoms with Crippen LogP contribution >= 0.6 is 27.5 Å². The Bertz CT molecular complexity index is 532. The predicted molar refractivity (Wildman–Crippen MR) is 87.7 cm³/mol. The minimum Gasteiger partial charge on any atom is -0.464 e. The first kappa shape index (κ1) is 18.9. The van der Waals surface area contributed by atoms with E-state index in [1.54, 1.807) is 19.9 Å². The van der Waals surface area contributed by atoms with E-state index in [4.69, 9.17) is 26.8 Å². The maximum absolute atomic E-state index is 12.1. The van der Waals surface area contributed by atoms with Crippen LogP contribution in [-0.4, -0.2) is 30.7 Å². The Morgan fingerprint density at radius 1 is 1.23 bits per heavy atom. The second-order valence-corrected chi connectivity index (χ2v) is 5.97. The largest absolute Gasteiger partial charge is 0.464 e. The lowest BCUT2D eigenvalue weighted by atomic mass is 9.92. The van der Waals surface area contributed by atoms with Gasteiger partial charge in [-0.15, -0.1) is 0 Å². The molecule has 1 rings (SSSR count). The number of halogens is 2. The second-order valence-electron chi connectivity index (χ2n) is 4.65. The Balaban J connectivity index is 2.93. The van der Waals surface area contributed by atoms with E-state index >= 15 is 0 Å². The van der Waals surface area contributed by atoms with Crippen LogP contribution in [0.25, 0.3) is 0 Å². The molecule has 22 heavy (non-hydrogen) atoms. The maximum Gasteiger partial charge on any atom is 0.337 e. The first-order valence-electron chi connectivity index (χ1n) is 6.92. The fourth-order valence-electron chi connectivity index (χ4n) is 1.86. The fourth-order valence-corrected chi connectivity index (χ4v) is 2.63. The molecule has 0 saturated heterocycles. The average molecular weight is 393 g/mol. The van der Waals surface area contributed by atoms with Crippen LogP contribution in [0.3, 0.4) is 0 Å². The number of carbonyl (C=O) groups is 2. The third kappa shape index (κ3) is 4.69. The van der Waals surface area contributed by atoms with E-state index in [-0.39, 0.29) is 19.6 Å². The zero-order valence-electron chi connectivity index (χ0n) is 12.5. The first-order valence-corrected chi connectivity index (χ1v) is 8.09. The highest BCUT2D eigenvalue weighted by Crippen LogP contribution is 2.25. The molecule has 0 bridgehead atoms. The van der Waals surface area contributed by atoms with Crippen molar-refractivity contribution >= 4 is 39.5 Å². The monoisotopic (exact) mass is 391 g/mol. The van der Waals surface area contributed by atoms with Crippen molar-refractivity contribution in [2.24, 2.45) is 5.73 Å². The molecule has 1 aromatic carbocycles. The van der Waals surface area contributed by atoms with Gasteiger partial charge in [-0.3, -0.25) is 0 Å². The van der Waals surface area contributed by atoms with Crippen molar-refractivity contribution in [2.45, 2.75) is 32.2 Å². The maximum atomic E-state index is 12.1. The normalized spacial score (nSPS) is 11.1. The molecule has 0 saturated carbocycles. The number of nitrogens with two attached hydrogens (primary N) is 1. The highest BCUT2D eigenvalue weighted by Gasteiger charge is 2.44. The van der Waals surface area contributed by atoms with Crippen LogP contribution in [0.1, 0.15) is 25.8 Å². The van der Waals surface area contributed by atoms with Gasteiger partial charge in [0.15, 0.2) is 0 Å². The van der Waals surface area contributed by atoms with Gasteiger partial charge in [0.2, 0.25) is 5.54 Å². The molecule has 5 nitrogen and oxygen atoms in total. The van der Waals surface area contributed by atoms with Gasteiger partial charge in [0.05, 0.1) is 13.2 Å². The van der Waals surface area contributed by atoms with Crippen LogP contribution in [0.5, 0.6) is 0 Å². The van der Waals surface area contributed by atoms with E-state index in [2.05, 4.69) is 15.9 Å². The summed E-state index contributed by atoms with van der Waals surface area (Å²) in [6.45, 7) is 3.57. The lowest BCUT2D eigenvalue weighted by Crippen LogP contribution is -2.57. The molecule has 2 N–H and O–H groups in total. The van der Waals surface area contributed by atoms with Gasteiger partial charge in [-0.1, -0.05) is 33.6 Å². The Kier molecular flexibility index (Phi) is 7.32. The average Bonchev–Trinajstić information content (AvgIpc) is 2.46. The predicted octanol–water partition coefficient (Wildman–Crippen LogP) is 2.86. The van der Waals surface area contributed by atoms with E-state index in [0.29, 0.717) is 11.4 Å². The van der Waals surface area contributed by atoms with E-state index < -0.39 is 17.5 Å². The molecule has 0 aliphatic rings. The Labute approximate surface area is 143 Å². The number of ether oxygens (including phenoxy) is 2. The van der Waals surface area contributed by atoms with Gasteiger partial charge >= 0.3 is 11.9 Å². The Hall–Kier alpha value is -1.11. The lowest BCUT2D eigenvalue weighted by Gasteiger charge is -2.24. The van der Waals surface area contributed by atoms with E-state index in [9.17, 15) is 9.59 Å². The highest BCUT2D eigenvalue weighted by molar-refractivity contribution is 9.10. The van der Waals surface area contributed by atoms with Gasteiger partial charge in [0, 0.05) is 9.50 Å². The number of esters is 2. The minimum atomic E-state index is -1.83. The van der Waals surface area contributed by atoms with Crippen molar-refractivity contribution in [3.8, 4) is 0 Å². The summed E-state index contributed by atoms with van der Waals surface area (Å²) in [5.41, 5.74) is 4.94. The van der Waals surface area contributed by atoms with Crippen molar-refractivity contribution in [3.05, 3.63) is 33.3 Å². The van der Waals surface area contributed by atoms with Crippen LogP contribution < -0.4 is 5.73 Å². The van der Waals surface area contributed by atoms with Gasteiger partial charge < -0.3 is 15.2 Å². The van der Waals surface area contributed by atoms with Crippen LogP contribution in [0.2, 0.25) is 5.02 Å². The van der Waals surface area contributed by atoms with Gasteiger partial charge in [0.1, 0.15) is 0 Å². The zero-order valence-corrected chi connectivity index (χ0v) is 14.9. The molecule has 0 radical (unpaired) electrons. The lowest BCUT2D eigenvalue weighted by molar-refractivity contribution is -0.164. The van der Waals surface area contributed by atoms with Gasteiger partial charge in [-0.2, -0.15) is 0 Å². The molecule has 0 heterocycles. The second kappa shape index (κ2) is 8.50. The molecule has 0 atom stereocenters. The molecule has 0 fully saturated rings. The highest BCUT2D eigenvalue weighted by atomic mass is 79.9. The van der Waals surface area contributed by atoms with Crippen molar-refractivity contribution < 1.29 is 19.1 Å². The van der Waals surface area contributed by atoms with Gasteiger partial charge in [-0.05, 0) is 44.4 Å². The number of hydrogen-bond acceptors (Lipinski definition) is 5. The van der Waals surface area contributed by atoms with E-state index in [1.807, 2.05) is 12.1 Å². The summed E-state index contributed by atoms with van der Waals surface area (Å²) in [4.78, 5) is 24.1. The van der Waals surface area contributed by atoms with Crippen molar-refractivity contribution in [2.75, 3.05) is 13.2 Å². The van der Waals surface area contributed by atoms with Gasteiger partial charge in [-0.25, -0.2) is 9.59 Å². The molecule has 122 valence electrons. The van der Waals surface area contributed by atoms with Crippen LogP contribution in [0, 0.1) is 0 Å². The molecule has 0 unspecified atom stereocenters. The number of hydrogen-bond donors (Lipinski definition) is 1. The first-order chi connectivity index (χ1) is 10.3. The summed E-state index contributed by atoms with van der Waals surface area (Å²) in [5.74, 6) is -1.58. The third-order valence-corrected chi connectivity index (χ3v) is 3.93. The molecule has 1 aromatic rings. The van der Waals surface area contributed by atoms with Crippen LogP contribution in [0.4, 0.5) is 0 Å². The third-order valence-electron chi connectivity index (χ3n) is 3.08. The Morgan fingerprint density at radius 2 is 1.77 bits per heavy atom. The molecule has 0 spiro atoms. The molecular formula is C15H19BrClNO4. The van der Waals surface area contributed by atoms with Gasteiger partial charge in [0.25, 0.3) is 0 Å². The summed E-state index contributed by atoms with van der Waals surface area (Å²) in [5, 5.41) is 0.532. The Morgan fingerprint density at radius 3 is 2.23 bits per heavy atom. The van der Waals surface area contributed by atoms with Crippen molar-refractivity contribution in [1.82, 2.24) is 0 Å². The molecule has 0 aliphatic heterocycles. The SMILES string of the molecule is CCOC(=O)C(N)(CCc1ccc(Br)cc1Cl)C(=O)OCC. The van der Waals surface area contributed by atoms with Crippen LogP contribution in [-0.2, 0) is 25.5 Å². The quantitative estimate of drug-likeness (QED) is 0.570. The standard InChI is InChI=1S/C15H19BrClNO4/c1-3-21-13(19)15(18,14(20)22-4-2)8-7-10-5-6-11(16)9-12(10)17/h5-6,9H,3-4,7-8,18H2,1-2H3. The van der Waals surface area contributed by atoms with E-state index in [0.717, 1.165) is 10.0 Å². The summed E-state index contributed by atoms with van der Waals surface area (Å²) >= 11 is 9.45. The molecular weight excluding hydrogens is 374 g/mol. The molecule has 0 aliphatic carbocycles. The fraction of sp³-hybridized carbons (Fsp3) is 0.467. The van der Waals surface area contributed by atoms with E-state index in [1.165, 1.54) is 0 Å². The molecule has 7 heteroatoms. The summed E-state index contributed by atoms with van der Waals surface area (Å²) in [6.07, 6.45) is 0.395. The van der Waals surface area contributed by atoms with Crippen molar-refractivity contribution in [3.63, 3.8) is 0 Å². The number of rotatable bonds is 7. The summed E-state index contributed by atoms with van der Waals surface area (Å²) < 4.78 is 10.7. The van der Waals surface area contributed by atoms with Crippen LogP contribution in [0.15, 0.2) is 22.7 Å². The number of aryl methyl sites for hydroxylation is 1. The minimum absolute atomic E-state index is 0.0476. The zero-order chi connectivity index (χ0) is 16.8. The number of benzene rings is 1.